The van der Waals surface area contributed by atoms with Crippen LogP contribution in [0.1, 0.15) is 19.8 Å². The Hall–Kier alpha value is -2.01. The highest BCUT2D eigenvalue weighted by atomic mass is 35.5. The maximum Gasteiger partial charge on any atom is 0.161 e. The minimum absolute atomic E-state index is 0.0890. The number of aromatic nitrogens is 2. The van der Waals surface area contributed by atoms with E-state index in [0.29, 0.717) is 11.8 Å². The smallest absolute Gasteiger partial charge is 0.161 e. The fourth-order valence-electron chi connectivity index (χ4n) is 2.73. The van der Waals surface area contributed by atoms with Gasteiger partial charge in [-0.1, -0.05) is 23.7 Å². The molecular weight excluding hydrogens is 314 g/mol. The first kappa shape index (κ1) is 15.9. The average Bonchev–Trinajstić information content (AvgIpc) is 2.57. The van der Waals surface area contributed by atoms with Crippen LogP contribution in [0.4, 0.5) is 5.82 Å². The molecule has 23 heavy (non-hydrogen) atoms. The number of para-hydroxylation sites is 2. The molecule has 1 aromatic heterocycles. The number of ether oxygens (including phenoxy) is 2. The van der Waals surface area contributed by atoms with Gasteiger partial charge in [0.25, 0.3) is 0 Å². The van der Waals surface area contributed by atoms with E-state index in [-0.39, 0.29) is 6.10 Å². The van der Waals surface area contributed by atoms with Crippen LogP contribution in [0.2, 0.25) is 5.15 Å². The molecule has 0 amide bonds. The van der Waals surface area contributed by atoms with Gasteiger partial charge in [0.1, 0.15) is 17.1 Å². The van der Waals surface area contributed by atoms with Crippen molar-refractivity contribution in [2.24, 2.45) is 0 Å². The summed E-state index contributed by atoms with van der Waals surface area (Å²) in [6.07, 6.45) is 5.41. The number of hydrogen-bond donors (Lipinski definition) is 0. The van der Waals surface area contributed by atoms with Crippen molar-refractivity contribution in [2.75, 3.05) is 24.6 Å². The second-order valence-electron chi connectivity index (χ2n) is 5.41. The molecule has 2 heterocycles. The van der Waals surface area contributed by atoms with Crippen LogP contribution in [0.15, 0.2) is 36.7 Å². The van der Waals surface area contributed by atoms with E-state index in [0.717, 1.165) is 43.2 Å². The molecule has 0 aliphatic carbocycles. The van der Waals surface area contributed by atoms with Gasteiger partial charge in [-0.05, 0) is 31.9 Å². The van der Waals surface area contributed by atoms with Crippen LogP contribution in [0.3, 0.4) is 0 Å². The van der Waals surface area contributed by atoms with Crippen molar-refractivity contribution in [3.8, 4) is 11.5 Å². The lowest BCUT2D eigenvalue weighted by atomic mass is 10.1. The number of hydrogen-bond acceptors (Lipinski definition) is 5. The topological polar surface area (TPSA) is 47.5 Å². The summed E-state index contributed by atoms with van der Waals surface area (Å²) < 4.78 is 11.8. The highest BCUT2D eigenvalue weighted by molar-refractivity contribution is 6.29. The summed E-state index contributed by atoms with van der Waals surface area (Å²) in [4.78, 5) is 10.6. The summed E-state index contributed by atoms with van der Waals surface area (Å²) in [5, 5.41) is 0.409. The summed E-state index contributed by atoms with van der Waals surface area (Å²) in [6, 6.07) is 7.79. The third-order valence-corrected chi connectivity index (χ3v) is 3.92. The van der Waals surface area contributed by atoms with Crippen molar-refractivity contribution < 1.29 is 9.47 Å². The molecule has 0 unspecified atom stereocenters. The van der Waals surface area contributed by atoms with Gasteiger partial charge < -0.3 is 14.4 Å². The number of nitrogens with zero attached hydrogens (tertiary/aromatic N) is 3. The minimum atomic E-state index is 0.0890. The van der Waals surface area contributed by atoms with E-state index in [1.807, 2.05) is 31.2 Å². The van der Waals surface area contributed by atoms with E-state index < -0.39 is 0 Å². The molecule has 6 heteroatoms. The highest BCUT2D eigenvalue weighted by Gasteiger charge is 2.23. The number of rotatable bonds is 5. The van der Waals surface area contributed by atoms with Crippen molar-refractivity contribution in [1.29, 1.82) is 0 Å². The Kier molecular flexibility index (Phi) is 5.18. The van der Waals surface area contributed by atoms with Crippen LogP contribution >= 0.6 is 11.6 Å². The highest BCUT2D eigenvalue weighted by Crippen LogP contribution is 2.29. The first-order chi connectivity index (χ1) is 11.3. The molecule has 0 saturated carbocycles. The lowest BCUT2D eigenvalue weighted by molar-refractivity contribution is 0.170. The summed E-state index contributed by atoms with van der Waals surface area (Å²) in [7, 11) is 0. The van der Waals surface area contributed by atoms with Gasteiger partial charge in [-0.15, -0.1) is 0 Å². The molecule has 0 N–H and O–H groups in total. The van der Waals surface area contributed by atoms with Crippen molar-refractivity contribution in [3.05, 3.63) is 41.8 Å². The van der Waals surface area contributed by atoms with Crippen molar-refractivity contribution >= 4 is 17.4 Å². The SMILES string of the molecule is CCOc1ccccc1O[C@@H]1CCCN(c2cncc(Cl)n2)C1. The molecule has 1 atom stereocenters. The van der Waals surface area contributed by atoms with Gasteiger partial charge >= 0.3 is 0 Å². The Balaban J connectivity index is 1.70. The molecule has 0 bridgehead atoms. The van der Waals surface area contributed by atoms with Crippen LogP contribution in [0.25, 0.3) is 0 Å². The third kappa shape index (κ3) is 4.05. The zero-order valence-electron chi connectivity index (χ0n) is 13.1. The molecule has 1 fully saturated rings. The summed E-state index contributed by atoms with van der Waals surface area (Å²) >= 11 is 5.94. The molecule has 1 aromatic carbocycles. The zero-order valence-corrected chi connectivity index (χ0v) is 13.9. The van der Waals surface area contributed by atoms with E-state index in [1.165, 1.54) is 0 Å². The lowest BCUT2D eigenvalue weighted by Gasteiger charge is -2.33. The minimum Gasteiger partial charge on any atom is -0.490 e. The fraction of sp³-hybridized carbons (Fsp3) is 0.412. The predicted octanol–water partition coefficient (Wildman–Crippen LogP) is 3.58. The molecule has 2 aromatic rings. The fourth-order valence-corrected chi connectivity index (χ4v) is 2.87. The lowest BCUT2D eigenvalue weighted by Crippen LogP contribution is -2.41. The number of anilines is 1. The van der Waals surface area contributed by atoms with Crippen LogP contribution in [-0.4, -0.2) is 35.8 Å². The Morgan fingerprint density at radius 1 is 1.26 bits per heavy atom. The second-order valence-corrected chi connectivity index (χ2v) is 5.80. The van der Waals surface area contributed by atoms with Crippen LogP contribution in [0, 0.1) is 0 Å². The van der Waals surface area contributed by atoms with Crippen molar-refractivity contribution in [1.82, 2.24) is 9.97 Å². The molecule has 1 aliphatic heterocycles. The molecule has 0 spiro atoms. The van der Waals surface area contributed by atoms with Gasteiger partial charge in [0, 0.05) is 6.54 Å². The summed E-state index contributed by atoms with van der Waals surface area (Å²) in [5.41, 5.74) is 0. The van der Waals surface area contributed by atoms with E-state index in [2.05, 4.69) is 14.9 Å². The van der Waals surface area contributed by atoms with Crippen LogP contribution in [0.5, 0.6) is 11.5 Å². The monoisotopic (exact) mass is 333 g/mol. The number of benzene rings is 1. The first-order valence-corrected chi connectivity index (χ1v) is 8.25. The molecule has 122 valence electrons. The average molecular weight is 334 g/mol. The molecule has 3 rings (SSSR count). The van der Waals surface area contributed by atoms with Gasteiger partial charge in [-0.2, -0.15) is 0 Å². The Bertz CT molecular complexity index is 653. The molecule has 5 nitrogen and oxygen atoms in total. The quantitative estimate of drug-likeness (QED) is 0.837. The maximum absolute atomic E-state index is 6.17. The van der Waals surface area contributed by atoms with Crippen LogP contribution < -0.4 is 14.4 Å². The number of piperidine rings is 1. The predicted molar refractivity (Wildman–Crippen MR) is 90.5 cm³/mol. The molecule has 0 radical (unpaired) electrons. The van der Waals surface area contributed by atoms with E-state index in [9.17, 15) is 0 Å². The first-order valence-electron chi connectivity index (χ1n) is 7.87. The van der Waals surface area contributed by atoms with E-state index >= 15 is 0 Å². The van der Waals surface area contributed by atoms with Crippen LogP contribution in [-0.2, 0) is 0 Å². The van der Waals surface area contributed by atoms with Gasteiger partial charge in [-0.3, -0.25) is 4.98 Å². The molecule has 1 saturated heterocycles. The molecule has 1 aliphatic rings. The van der Waals surface area contributed by atoms with E-state index in [1.54, 1.807) is 12.4 Å². The maximum atomic E-state index is 6.17. The third-order valence-electron chi connectivity index (χ3n) is 3.74. The number of halogens is 1. The Labute approximate surface area is 141 Å². The second kappa shape index (κ2) is 7.51. The zero-order chi connectivity index (χ0) is 16.1. The normalized spacial score (nSPS) is 17.8. The van der Waals surface area contributed by atoms with Gasteiger partial charge in [0.2, 0.25) is 0 Å². The summed E-state index contributed by atoms with van der Waals surface area (Å²) in [5.74, 6) is 2.37. The standard InChI is InChI=1S/C17H20ClN3O2/c1-2-22-14-7-3-4-8-15(14)23-13-6-5-9-21(12-13)17-11-19-10-16(18)20-17/h3-4,7-8,10-11,13H,2,5-6,9,12H2,1H3/t13-/m1/s1. The van der Waals surface area contributed by atoms with Gasteiger partial charge in [0.05, 0.1) is 25.5 Å². The Morgan fingerprint density at radius 3 is 2.87 bits per heavy atom. The van der Waals surface area contributed by atoms with Crippen molar-refractivity contribution in [2.45, 2.75) is 25.9 Å². The summed E-state index contributed by atoms with van der Waals surface area (Å²) in [6.45, 7) is 4.28. The van der Waals surface area contributed by atoms with Crippen molar-refractivity contribution in [3.63, 3.8) is 0 Å². The van der Waals surface area contributed by atoms with Gasteiger partial charge in [0.15, 0.2) is 11.5 Å². The van der Waals surface area contributed by atoms with Gasteiger partial charge in [-0.25, -0.2) is 4.98 Å². The Morgan fingerprint density at radius 2 is 2.09 bits per heavy atom. The van der Waals surface area contributed by atoms with E-state index in [4.69, 9.17) is 21.1 Å². The molecular formula is C17H20ClN3O2. The largest absolute Gasteiger partial charge is 0.490 e.